The predicted molar refractivity (Wildman–Crippen MR) is 91.7 cm³/mol. The van der Waals surface area contributed by atoms with Crippen LogP contribution in [0.5, 0.6) is 0 Å². The molecule has 0 saturated carbocycles. The van der Waals surface area contributed by atoms with E-state index in [0.29, 0.717) is 17.0 Å². The lowest BCUT2D eigenvalue weighted by atomic mass is 9.78. The maximum atomic E-state index is 3.81. The van der Waals surface area contributed by atoms with E-state index in [2.05, 4.69) is 56.8 Å². The lowest BCUT2D eigenvalue weighted by Crippen LogP contribution is -2.65. The Kier molecular flexibility index (Phi) is 5.38. The van der Waals surface area contributed by atoms with Gasteiger partial charge in [-0.2, -0.15) is 0 Å². The fourth-order valence-corrected chi connectivity index (χ4v) is 3.98. The van der Waals surface area contributed by atoms with Crippen LogP contribution in [0.15, 0.2) is 0 Å². The van der Waals surface area contributed by atoms with Crippen molar-refractivity contribution in [1.29, 1.82) is 0 Å². The van der Waals surface area contributed by atoms with E-state index in [1.54, 1.807) is 0 Å². The average Bonchev–Trinajstić information content (AvgIpc) is 2.42. The first-order valence-electron chi connectivity index (χ1n) is 8.95. The number of likely N-dealkylation sites (tertiary alicyclic amines) is 1. The molecule has 0 aromatic rings. The van der Waals surface area contributed by atoms with Crippen molar-refractivity contribution in [1.82, 2.24) is 15.1 Å². The second-order valence-corrected chi connectivity index (χ2v) is 8.63. The summed E-state index contributed by atoms with van der Waals surface area (Å²) in [5.41, 5.74) is 0.804. The summed E-state index contributed by atoms with van der Waals surface area (Å²) >= 11 is 0. The van der Waals surface area contributed by atoms with E-state index in [1.807, 2.05) is 0 Å². The van der Waals surface area contributed by atoms with E-state index >= 15 is 0 Å². The molecule has 0 radical (unpaired) electrons. The normalized spacial score (nSPS) is 35.3. The molecule has 2 rings (SSSR count). The zero-order valence-corrected chi connectivity index (χ0v) is 15.2. The second-order valence-electron chi connectivity index (χ2n) is 8.63. The fourth-order valence-electron chi connectivity index (χ4n) is 3.98. The maximum absolute atomic E-state index is 3.81. The van der Waals surface area contributed by atoms with Crippen LogP contribution in [0.3, 0.4) is 0 Å². The summed E-state index contributed by atoms with van der Waals surface area (Å²) in [6, 6.07) is 0.695. The van der Waals surface area contributed by atoms with Crippen molar-refractivity contribution in [2.24, 2.45) is 11.3 Å². The summed E-state index contributed by atoms with van der Waals surface area (Å²) in [6.45, 7) is 18.2. The van der Waals surface area contributed by atoms with Crippen LogP contribution in [0.1, 0.15) is 53.9 Å². The molecule has 2 aliphatic rings. The lowest BCUT2D eigenvalue weighted by molar-refractivity contribution is 0.00748. The molecule has 2 heterocycles. The summed E-state index contributed by atoms with van der Waals surface area (Å²) in [4.78, 5) is 5.30. The number of piperazine rings is 1. The summed E-state index contributed by atoms with van der Waals surface area (Å²) in [5, 5.41) is 3.81. The van der Waals surface area contributed by atoms with Crippen LogP contribution in [-0.2, 0) is 0 Å². The highest BCUT2D eigenvalue weighted by Gasteiger charge is 2.39. The van der Waals surface area contributed by atoms with E-state index in [9.17, 15) is 0 Å². The number of hydrogen-bond donors (Lipinski definition) is 1. The van der Waals surface area contributed by atoms with E-state index in [1.165, 1.54) is 45.4 Å². The van der Waals surface area contributed by atoms with Gasteiger partial charge in [0.25, 0.3) is 0 Å². The Morgan fingerprint density at radius 3 is 2.33 bits per heavy atom. The Labute approximate surface area is 132 Å². The minimum Gasteiger partial charge on any atom is -0.309 e. The molecule has 1 N–H and O–H groups in total. The third-order valence-corrected chi connectivity index (χ3v) is 6.09. The highest BCUT2D eigenvalue weighted by molar-refractivity contribution is 4.97. The Bertz CT molecular complexity index is 333. The van der Waals surface area contributed by atoms with Gasteiger partial charge in [-0.05, 0) is 57.7 Å². The monoisotopic (exact) mass is 295 g/mol. The Hall–Kier alpha value is -0.120. The van der Waals surface area contributed by atoms with Crippen molar-refractivity contribution >= 4 is 0 Å². The number of piperidine rings is 1. The van der Waals surface area contributed by atoms with Gasteiger partial charge in [-0.15, -0.1) is 0 Å². The van der Waals surface area contributed by atoms with Gasteiger partial charge in [-0.3, -0.25) is 4.90 Å². The first-order chi connectivity index (χ1) is 9.77. The molecule has 3 heteroatoms. The first-order valence-corrected chi connectivity index (χ1v) is 8.95. The maximum Gasteiger partial charge on any atom is 0.0278 e. The molecule has 0 aromatic heterocycles. The number of nitrogens with one attached hydrogen (secondary N) is 1. The van der Waals surface area contributed by atoms with Crippen LogP contribution in [0.25, 0.3) is 0 Å². The minimum atomic E-state index is 0.299. The lowest BCUT2D eigenvalue weighted by Gasteiger charge is -2.51. The number of rotatable bonds is 4. The molecule has 0 amide bonds. The highest BCUT2D eigenvalue weighted by atomic mass is 15.3. The van der Waals surface area contributed by atoms with Crippen LogP contribution >= 0.6 is 0 Å². The van der Waals surface area contributed by atoms with Crippen molar-refractivity contribution in [3.63, 3.8) is 0 Å². The Morgan fingerprint density at radius 2 is 1.81 bits per heavy atom. The first kappa shape index (κ1) is 17.2. The zero-order valence-electron chi connectivity index (χ0n) is 15.2. The molecule has 2 fully saturated rings. The van der Waals surface area contributed by atoms with Gasteiger partial charge in [0.15, 0.2) is 0 Å². The van der Waals surface area contributed by atoms with Crippen molar-refractivity contribution in [3.05, 3.63) is 0 Å². The van der Waals surface area contributed by atoms with Gasteiger partial charge in [0.2, 0.25) is 0 Å². The number of nitrogens with zero attached hydrogens (tertiary/aromatic N) is 2. The zero-order chi connectivity index (χ0) is 15.7. The van der Waals surface area contributed by atoms with Crippen LogP contribution in [0.4, 0.5) is 0 Å². The van der Waals surface area contributed by atoms with Gasteiger partial charge < -0.3 is 10.2 Å². The van der Waals surface area contributed by atoms with Gasteiger partial charge in [-0.25, -0.2) is 0 Å². The predicted octanol–water partition coefficient (Wildman–Crippen LogP) is 2.82. The third-order valence-electron chi connectivity index (χ3n) is 6.09. The quantitative estimate of drug-likeness (QED) is 0.860. The Balaban J connectivity index is 2.05. The molecule has 0 spiro atoms. The number of hydrogen-bond acceptors (Lipinski definition) is 3. The van der Waals surface area contributed by atoms with Gasteiger partial charge in [-0.1, -0.05) is 27.7 Å². The van der Waals surface area contributed by atoms with Crippen LogP contribution in [-0.4, -0.2) is 61.2 Å². The molecular formula is C18H37N3. The Morgan fingerprint density at radius 1 is 1.19 bits per heavy atom. The van der Waals surface area contributed by atoms with Crippen molar-refractivity contribution in [2.75, 3.05) is 39.8 Å². The second kappa shape index (κ2) is 6.55. The average molecular weight is 296 g/mol. The van der Waals surface area contributed by atoms with Crippen molar-refractivity contribution in [2.45, 2.75) is 65.5 Å². The van der Waals surface area contributed by atoms with Crippen LogP contribution in [0.2, 0.25) is 0 Å². The third kappa shape index (κ3) is 4.20. The summed E-state index contributed by atoms with van der Waals surface area (Å²) in [6.07, 6.45) is 3.91. The van der Waals surface area contributed by atoms with Crippen LogP contribution < -0.4 is 5.32 Å². The highest BCUT2D eigenvalue weighted by Crippen LogP contribution is 2.34. The fraction of sp³-hybridized carbons (Fsp3) is 1.00. The SMILES string of the molecule is CCC1(C)CN(CC2(C)CCN(C)CC2)C(C(C)C)CN1. The molecule has 2 unspecified atom stereocenters. The van der Waals surface area contributed by atoms with Gasteiger partial charge in [0.05, 0.1) is 0 Å². The largest absolute Gasteiger partial charge is 0.309 e. The van der Waals surface area contributed by atoms with Gasteiger partial charge in [0.1, 0.15) is 0 Å². The molecule has 2 atom stereocenters. The van der Waals surface area contributed by atoms with E-state index in [4.69, 9.17) is 0 Å². The van der Waals surface area contributed by atoms with Crippen molar-refractivity contribution in [3.8, 4) is 0 Å². The topological polar surface area (TPSA) is 18.5 Å². The smallest absolute Gasteiger partial charge is 0.0278 e. The molecule has 124 valence electrons. The molecule has 2 aliphatic heterocycles. The summed E-state index contributed by atoms with van der Waals surface area (Å²) in [5.74, 6) is 0.730. The van der Waals surface area contributed by atoms with E-state index < -0.39 is 0 Å². The van der Waals surface area contributed by atoms with Crippen LogP contribution in [0, 0.1) is 11.3 Å². The van der Waals surface area contributed by atoms with Gasteiger partial charge in [0, 0.05) is 31.2 Å². The molecule has 0 aromatic carbocycles. The van der Waals surface area contributed by atoms with Crippen molar-refractivity contribution < 1.29 is 0 Å². The summed E-state index contributed by atoms with van der Waals surface area (Å²) < 4.78 is 0. The standard InChI is InChI=1S/C18H37N3/c1-7-18(5)14-21(16(12-19-18)15(2)3)13-17(4)8-10-20(6)11-9-17/h15-16,19H,7-14H2,1-6H3. The minimum absolute atomic E-state index is 0.299. The van der Waals surface area contributed by atoms with E-state index in [0.717, 1.165) is 12.5 Å². The van der Waals surface area contributed by atoms with E-state index in [-0.39, 0.29) is 0 Å². The summed E-state index contributed by atoms with van der Waals surface area (Å²) in [7, 11) is 2.26. The van der Waals surface area contributed by atoms with Gasteiger partial charge >= 0.3 is 0 Å². The molecule has 21 heavy (non-hydrogen) atoms. The molecule has 2 saturated heterocycles. The molecule has 0 aliphatic carbocycles. The molecule has 0 bridgehead atoms. The molecular weight excluding hydrogens is 258 g/mol. The molecule has 3 nitrogen and oxygen atoms in total.